The van der Waals surface area contributed by atoms with Gasteiger partial charge in [0.2, 0.25) is 0 Å². The van der Waals surface area contributed by atoms with Crippen LogP contribution in [0.1, 0.15) is 96.1 Å². The molecule has 4 saturated heterocycles. The van der Waals surface area contributed by atoms with Crippen molar-refractivity contribution in [2.45, 2.75) is 88.4 Å². The highest BCUT2D eigenvalue weighted by Gasteiger charge is 2.35. The molecule has 21 heteroatoms. The Bertz CT molecular complexity index is 2540. The van der Waals surface area contributed by atoms with Crippen molar-refractivity contribution in [3.05, 3.63) is 105 Å². The molecule has 4 fully saturated rings. The van der Waals surface area contributed by atoms with Gasteiger partial charge in [-0.05, 0) is 99.9 Å². The lowest BCUT2D eigenvalue weighted by atomic mass is 9.85. The Morgan fingerprint density at radius 1 is 0.579 bits per heavy atom. The number of benzene rings is 4. The number of methoxy groups -OCH3 is 2. The molecule has 0 aliphatic carbocycles. The Kier molecular flexibility index (Phi) is 18.6. The summed E-state index contributed by atoms with van der Waals surface area (Å²) >= 11 is 12.7. The number of hydrogen-bond donors (Lipinski definition) is 6. The quantitative estimate of drug-likeness (QED) is 0.0367. The number of halogens is 2. The average molecular weight is 1090 g/mol. The zero-order chi connectivity index (χ0) is 54.0. The maximum atomic E-state index is 13.8. The fraction of sp³-hybridized carbons (Fsp3) is 0.473. The van der Waals surface area contributed by atoms with Crippen LogP contribution in [-0.4, -0.2) is 153 Å². The van der Waals surface area contributed by atoms with E-state index in [9.17, 15) is 24.0 Å². The predicted molar refractivity (Wildman–Crippen MR) is 292 cm³/mol. The van der Waals surface area contributed by atoms with Gasteiger partial charge in [0, 0.05) is 114 Å². The summed E-state index contributed by atoms with van der Waals surface area (Å²) < 4.78 is 22.3. The second-order valence-electron chi connectivity index (χ2n) is 20.1. The van der Waals surface area contributed by atoms with Gasteiger partial charge in [0.15, 0.2) is 0 Å². The molecule has 0 saturated carbocycles. The van der Waals surface area contributed by atoms with Crippen LogP contribution in [0.2, 0.25) is 10.0 Å². The molecule has 4 aromatic carbocycles. The van der Waals surface area contributed by atoms with Crippen molar-refractivity contribution in [2.24, 2.45) is 0 Å². The van der Waals surface area contributed by atoms with Crippen molar-refractivity contribution in [1.29, 1.82) is 0 Å². The minimum Gasteiger partial charge on any atom is -0.496 e. The molecule has 76 heavy (non-hydrogen) atoms. The maximum Gasteiger partial charge on any atom is 0.519 e. The Labute approximate surface area is 454 Å². The Hall–Kier alpha value is -6.67. The third-order valence-electron chi connectivity index (χ3n) is 15.2. The highest BCUT2D eigenvalue weighted by atomic mass is 35.5. The molecule has 6 amide bonds. The van der Waals surface area contributed by atoms with E-state index in [1.165, 1.54) is 38.5 Å². The van der Waals surface area contributed by atoms with Crippen molar-refractivity contribution >= 4 is 64.6 Å². The van der Waals surface area contributed by atoms with E-state index in [4.69, 9.17) is 53.6 Å². The van der Waals surface area contributed by atoms with Crippen LogP contribution in [0, 0.1) is 0 Å². The monoisotopic (exact) mass is 1080 g/mol. The fourth-order valence-corrected chi connectivity index (χ4v) is 11.2. The number of likely N-dealkylation sites (tertiary alicyclic amines) is 4. The van der Waals surface area contributed by atoms with Crippen LogP contribution in [0.15, 0.2) is 72.8 Å². The minimum atomic E-state index is -0.939. The number of nitrogen functional groups attached to an aromatic ring is 2. The van der Waals surface area contributed by atoms with Crippen LogP contribution < -0.4 is 51.7 Å². The molecule has 4 aromatic rings. The number of nitrogens with zero attached hydrogens (tertiary/aromatic N) is 4. The first-order valence-corrected chi connectivity index (χ1v) is 26.9. The smallest absolute Gasteiger partial charge is 0.496 e. The number of carbonyl (C=O) groups excluding carboxylic acids is 5. The molecule has 6 unspecified atom stereocenters. The van der Waals surface area contributed by atoms with Crippen LogP contribution in [0.4, 0.5) is 25.8 Å². The first-order chi connectivity index (χ1) is 36.6. The largest absolute Gasteiger partial charge is 0.519 e. The maximum absolute atomic E-state index is 13.8. The lowest BCUT2D eigenvalue weighted by Crippen LogP contribution is -2.51. The first kappa shape index (κ1) is 55.6. The van der Waals surface area contributed by atoms with Gasteiger partial charge in [-0.2, -0.15) is 0 Å². The van der Waals surface area contributed by atoms with Gasteiger partial charge < -0.3 is 71.3 Å². The van der Waals surface area contributed by atoms with Gasteiger partial charge in [0.05, 0.1) is 46.8 Å². The summed E-state index contributed by atoms with van der Waals surface area (Å²) in [5.41, 5.74) is 14.9. The van der Waals surface area contributed by atoms with Gasteiger partial charge in [-0.3, -0.25) is 9.59 Å². The van der Waals surface area contributed by atoms with Crippen LogP contribution in [0.5, 0.6) is 23.0 Å². The summed E-state index contributed by atoms with van der Waals surface area (Å²) in [7, 11) is 2.93. The molecular formula is C55H70Cl2N10O9. The normalized spacial score (nSPS) is 21.9. The molecule has 4 heterocycles. The standard InChI is InChI=1S/C55H70Cl2N10O9/c1-33-7-5-21-66(33)53(70)60-19-25-64-23-17-47(62-51(68)39-27-43(56)45(58)29-49(39)73-3)41(31-64)35-9-13-37(14-10-35)75-55(72)76-38-15-11-36(12-16-38)42-32-65(26-20-61-54(71)67-22-6-8-34(67)2)24-18-48(42)63-52(69)40-28-44(57)46(59)30-50(40)74-4/h9-16,27-30,33-34,41-42,47-48H,5-8,17-26,31-32,58-59H2,1-4H3,(H,60,70)(H,61,71)(H,62,68)(H,63,69). The fourth-order valence-electron chi connectivity index (χ4n) is 10.9. The predicted octanol–water partition coefficient (Wildman–Crippen LogP) is 7.32. The number of amides is 6. The highest BCUT2D eigenvalue weighted by molar-refractivity contribution is 6.34. The molecule has 4 aliphatic rings. The Morgan fingerprint density at radius 2 is 0.974 bits per heavy atom. The topological polar surface area (TPSA) is 235 Å². The van der Waals surface area contributed by atoms with E-state index >= 15 is 0 Å². The van der Waals surface area contributed by atoms with E-state index in [1.54, 1.807) is 24.3 Å². The van der Waals surface area contributed by atoms with Gasteiger partial charge in [0.25, 0.3) is 11.8 Å². The number of anilines is 2. The number of hydrogen-bond acceptors (Lipinski definition) is 13. The number of carbonyl (C=O) groups is 5. The van der Waals surface area contributed by atoms with E-state index in [2.05, 4.69) is 44.9 Å². The van der Waals surface area contributed by atoms with Crippen molar-refractivity contribution < 1.29 is 42.9 Å². The Morgan fingerprint density at radius 3 is 1.33 bits per heavy atom. The highest BCUT2D eigenvalue weighted by Crippen LogP contribution is 2.35. The summed E-state index contributed by atoms with van der Waals surface area (Å²) in [6.45, 7) is 10.3. The molecule has 4 aliphatic heterocycles. The summed E-state index contributed by atoms with van der Waals surface area (Å²) in [4.78, 5) is 75.0. The number of nitrogens with one attached hydrogen (secondary N) is 4. The van der Waals surface area contributed by atoms with E-state index in [-0.39, 0.29) is 92.6 Å². The van der Waals surface area contributed by atoms with Crippen LogP contribution in [0.25, 0.3) is 0 Å². The number of piperidine rings is 2. The van der Waals surface area contributed by atoms with Crippen LogP contribution >= 0.6 is 23.2 Å². The van der Waals surface area contributed by atoms with E-state index in [1.807, 2.05) is 34.1 Å². The van der Waals surface area contributed by atoms with Gasteiger partial charge in [0.1, 0.15) is 23.0 Å². The lowest BCUT2D eigenvalue weighted by Gasteiger charge is -2.39. The average Bonchev–Trinajstić information content (AvgIpc) is 4.06. The summed E-state index contributed by atoms with van der Waals surface area (Å²) in [5, 5.41) is 13.1. The number of ether oxygens (including phenoxy) is 4. The molecule has 0 spiro atoms. The zero-order valence-corrected chi connectivity index (χ0v) is 45.1. The first-order valence-electron chi connectivity index (χ1n) is 26.1. The minimum absolute atomic E-state index is 0.0553. The second kappa shape index (κ2) is 25.4. The summed E-state index contributed by atoms with van der Waals surface area (Å²) in [5.74, 6) is 0.0262. The molecule has 0 bridgehead atoms. The molecule has 408 valence electrons. The lowest BCUT2D eigenvalue weighted by molar-refractivity contribution is 0.0884. The summed E-state index contributed by atoms with van der Waals surface area (Å²) in [6.07, 6.45) is 4.29. The van der Waals surface area contributed by atoms with Gasteiger partial charge in [-0.15, -0.1) is 0 Å². The van der Waals surface area contributed by atoms with Crippen molar-refractivity contribution in [3.63, 3.8) is 0 Å². The van der Waals surface area contributed by atoms with Crippen molar-refractivity contribution in [3.8, 4) is 23.0 Å². The Balaban J connectivity index is 0.918. The molecule has 0 aromatic heterocycles. The molecule has 8 rings (SSSR count). The molecular weight excluding hydrogens is 1020 g/mol. The van der Waals surface area contributed by atoms with Crippen LogP contribution in [-0.2, 0) is 0 Å². The molecule has 8 N–H and O–H groups in total. The number of rotatable bonds is 16. The van der Waals surface area contributed by atoms with Crippen molar-refractivity contribution in [1.82, 2.24) is 40.9 Å². The van der Waals surface area contributed by atoms with Crippen LogP contribution in [0.3, 0.4) is 0 Å². The SMILES string of the molecule is COc1cc(N)c(Cl)cc1C(=O)NC1CCN(CCNC(=O)N2CCCC2C)CC1c1ccc(OC(=O)Oc2ccc(C3CN(CCNC(=O)N4CCCC4C)CCC3NC(=O)c3cc(Cl)c(N)cc3OC)cc2)cc1. The number of urea groups is 2. The van der Waals surface area contributed by atoms with Gasteiger partial charge >= 0.3 is 18.2 Å². The second-order valence-corrected chi connectivity index (χ2v) is 20.9. The van der Waals surface area contributed by atoms with Crippen molar-refractivity contribution in [2.75, 3.05) is 91.1 Å². The molecule has 0 radical (unpaired) electrons. The van der Waals surface area contributed by atoms with E-state index in [0.717, 1.165) is 49.9 Å². The summed E-state index contributed by atoms with van der Waals surface area (Å²) in [6, 6.07) is 20.0. The van der Waals surface area contributed by atoms with Gasteiger partial charge in [-0.25, -0.2) is 14.4 Å². The van der Waals surface area contributed by atoms with E-state index in [0.29, 0.717) is 88.1 Å². The number of nitrogens with two attached hydrogens (primary N) is 2. The molecule has 6 atom stereocenters. The molecule has 19 nitrogen and oxygen atoms in total. The van der Waals surface area contributed by atoms with Gasteiger partial charge in [-0.1, -0.05) is 47.5 Å². The zero-order valence-electron chi connectivity index (χ0n) is 43.6. The third-order valence-corrected chi connectivity index (χ3v) is 15.9. The van der Waals surface area contributed by atoms with E-state index < -0.39 is 6.16 Å². The third kappa shape index (κ3) is 13.6.